The van der Waals surface area contributed by atoms with Crippen molar-refractivity contribution in [3.05, 3.63) is 77.4 Å². The monoisotopic (exact) mass is 219 g/mol. The van der Waals surface area contributed by atoms with Gasteiger partial charge in [0.1, 0.15) is 0 Å². The summed E-state index contributed by atoms with van der Waals surface area (Å²) >= 11 is 0. The predicted molar refractivity (Wildman–Crippen MR) is 70.3 cm³/mol. The van der Waals surface area contributed by atoms with E-state index in [4.69, 9.17) is 5.26 Å². The lowest BCUT2D eigenvalue weighted by molar-refractivity contribution is 1.25. The molecule has 0 unspecified atom stereocenters. The number of nitriles is 1. The Morgan fingerprint density at radius 2 is 1.65 bits per heavy atom. The minimum atomic E-state index is 0.755. The zero-order valence-electron chi connectivity index (χ0n) is 9.51. The van der Waals surface area contributed by atoms with Crippen LogP contribution in [-0.2, 0) is 6.42 Å². The van der Waals surface area contributed by atoms with E-state index in [2.05, 4.69) is 30.4 Å². The zero-order valence-corrected chi connectivity index (χ0v) is 9.51. The van der Waals surface area contributed by atoms with Crippen LogP contribution < -0.4 is 0 Å². The lowest BCUT2D eigenvalue weighted by Crippen LogP contribution is -1.86. The lowest BCUT2D eigenvalue weighted by atomic mass is 10.0. The van der Waals surface area contributed by atoms with Crippen LogP contribution in [0.1, 0.15) is 16.7 Å². The van der Waals surface area contributed by atoms with Gasteiger partial charge in [-0.25, -0.2) is 0 Å². The van der Waals surface area contributed by atoms with Crippen LogP contribution in [0.4, 0.5) is 0 Å². The lowest BCUT2D eigenvalue weighted by Gasteiger charge is -1.98. The molecule has 0 atom stereocenters. The summed E-state index contributed by atoms with van der Waals surface area (Å²) in [4.78, 5) is 0. The van der Waals surface area contributed by atoms with Crippen molar-refractivity contribution >= 4 is 6.08 Å². The Balaban J connectivity index is 2.08. The number of allylic oxidation sites excluding steroid dienone is 1. The Kier molecular flexibility index (Phi) is 3.72. The minimum absolute atomic E-state index is 0.755. The van der Waals surface area contributed by atoms with Crippen LogP contribution in [0.15, 0.2) is 60.7 Å². The number of benzene rings is 2. The molecule has 0 aliphatic carbocycles. The van der Waals surface area contributed by atoms with Crippen LogP contribution >= 0.6 is 0 Å². The van der Waals surface area contributed by atoms with Crippen molar-refractivity contribution in [3.8, 4) is 6.07 Å². The summed E-state index contributed by atoms with van der Waals surface area (Å²) < 4.78 is 0. The van der Waals surface area contributed by atoms with Gasteiger partial charge in [0.15, 0.2) is 0 Å². The van der Waals surface area contributed by atoms with Gasteiger partial charge in [-0.3, -0.25) is 0 Å². The van der Waals surface area contributed by atoms with Crippen LogP contribution in [0.2, 0.25) is 0 Å². The molecule has 1 nitrogen and oxygen atoms in total. The van der Waals surface area contributed by atoms with Crippen LogP contribution in [0.5, 0.6) is 0 Å². The average Bonchev–Trinajstić information content (AvgIpc) is 2.40. The Labute approximate surface area is 102 Å². The maximum atomic E-state index is 8.96. The summed E-state index contributed by atoms with van der Waals surface area (Å²) in [6.45, 7) is 0. The van der Waals surface area contributed by atoms with Crippen LogP contribution in [0.25, 0.3) is 6.08 Å². The van der Waals surface area contributed by atoms with Gasteiger partial charge in [0.25, 0.3) is 0 Å². The van der Waals surface area contributed by atoms with Crippen LogP contribution in [-0.4, -0.2) is 0 Å². The predicted octanol–water partition coefficient (Wildman–Crippen LogP) is 3.81. The topological polar surface area (TPSA) is 23.8 Å². The first-order valence-corrected chi connectivity index (χ1v) is 5.60. The van der Waals surface area contributed by atoms with Crippen molar-refractivity contribution in [2.45, 2.75) is 6.42 Å². The molecule has 2 aromatic carbocycles. The Morgan fingerprint density at radius 1 is 0.941 bits per heavy atom. The molecule has 0 spiro atoms. The van der Waals surface area contributed by atoms with Gasteiger partial charge < -0.3 is 0 Å². The second-order valence-corrected chi connectivity index (χ2v) is 3.79. The van der Waals surface area contributed by atoms with Crippen LogP contribution in [0.3, 0.4) is 0 Å². The van der Waals surface area contributed by atoms with Crippen molar-refractivity contribution in [2.24, 2.45) is 0 Å². The number of rotatable bonds is 3. The van der Waals surface area contributed by atoms with Crippen LogP contribution in [0, 0.1) is 11.3 Å². The molecule has 0 aliphatic heterocycles. The number of nitrogens with zero attached hydrogens (tertiary/aromatic N) is 1. The molecule has 1 heteroatoms. The van der Waals surface area contributed by atoms with Gasteiger partial charge in [0, 0.05) is 0 Å². The summed E-state index contributed by atoms with van der Waals surface area (Å²) in [7, 11) is 0. The Bertz CT molecular complexity index is 547. The van der Waals surface area contributed by atoms with E-state index in [0.717, 1.165) is 17.5 Å². The summed E-state index contributed by atoms with van der Waals surface area (Å²) in [6, 6.07) is 20.1. The van der Waals surface area contributed by atoms with Crippen molar-refractivity contribution in [2.75, 3.05) is 0 Å². The van der Waals surface area contributed by atoms with Gasteiger partial charge in [-0.1, -0.05) is 60.7 Å². The molecule has 0 fully saturated rings. The Hall–Kier alpha value is -2.33. The third-order valence-electron chi connectivity index (χ3n) is 2.59. The van der Waals surface area contributed by atoms with Crippen molar-refractivity contribution < 1.29 is 0 Å². The summed E-state index contributed by atoms with van der Waals surface area (Å²) in [5.41, 5.74) is 3.01. The van der Waals surface area contributed by atoms with Crippen molar-refractivity contribution in [3.63, 3.8) is 0 Å². The van der Waals surface area contributed by atoms with Crippen molar-refractivity contribution in [1.29, 1.82) is 5.26 Å². The third kappa shape index (κ3) is 3.06. The van der Waals surface area contributed by atoms with E-state index >= 15 is 0 Å². The quantitative estimate of drug-likeness (QED) is 0.770. The molecule has 0 saturated heterocycles. The van der Waals surface area contributed by atoms with Gasteiger partial charge in [0.2, 0.25) is 0 Å². The molecule has 2 rings (SSSR count). The standard InChI is InChI=1S/C16H13N/c17-13-16-11-5-4-10-15(16)12-6-9-14-7-2-1-3-8-14/h1-11H,12H2/b9-6+. The fraction of sp³-hybridized carbons (Fsp3) is 0.0625. The van der Waals surface area contributed by atoms with E-state index in [9.17, 15) is 0 Å². The second kappa shape index (κ2) is 5.67. The molecule has 2 aromatic rings. The maximum Gasteiger partial charge on any atom is 0.0994 e. The van der Waals surface area contributed by atoms with Gasteiger partial charge in [-0.15, -0.1) is 0 Å². The first-order chi connectivity index (χ1) is 8.40. The summed E-state index contributed by atoms with van der Waals surface area (Å²) in [5.74, 6) is 0. The van der Waals surface area contributed by atoms with Gasteiger partial charge in [0.05, 0.1) is 11.6 Å². The molecule has 0 bridgehead atoms. The number of hydrogen-bond acceptors (Lipinski definition) is 1. The molecule has 0 saturated carbocycles. The van der Waals surface area contributed by atoms with Gasteiger partial charge in [-0.05, 0) is 23.6 Å². The largest absolute Gasteiger partial charge is 0.192 e. The molecule has 82 valence electrons. The fourth-order valence-corrected chi connectivity index (χ4v) is 1.69. The molecular weight excluding hydrogens is 206 g/mol. The molecule has 0 heterocycles. The Morgan fingerprint density at radius 3 is 2.41 bits per heavy atom. The SMILES string of the molecule is N#Cc1ccccc1C/C=C/c1ccccc1. The van der Waals surface area contributed by atoms with E-state index in [-0.39, 0.29) is 0 Å². The minimum Gasteiger partial charge on any atom is -0.192 e. The third-order valence-corrected chi connectivity index (χ3v) is 2.59. The average molecular weight is 219 g/mol. The van der Waals surface area contributed by atoms with Crippen molar-refractivity contribution in [1.82, 2.24) is 0 Å². The summed E-state index contributed by atoms with van der Waals surface area (Å²) in [5, 5.41) is 8.96. The van der Waals surface area contributed by atoms with E-state index < -0.39 is 0 Å². The van der Waals surface area contributed by atoms with E-state index in [1.54, 1.807) is 0 Å². The highest BCUT2D eigenvalue weighted by atomic mass is 14.2. The smallest absolute Gasteiger partial charge is 0.0994 e. The normalized spacial score (nSPS) is 10.3. The molecule has 0 radical (unpaired) electrons. The highest BCUT2D eigenvalue weighted by molar-refractivity contribution is 5.50. The zero-order chi connectivity index (χ0) is 11.9. The van der Waals surface area contributed by atoms with E-state index in [0.29, 0.717) is 0 Å². The summed E-state index contributed by atoms with van der Waals surface area (Å²) in [6.07, 6.45) is 4.96. The molecule has 0 aliphatic rings. The maximum absolute atomic E-state index is 8.96. The first-order valence-electron chi connectivity index (χ1n) is 5.60. The molecule has 0 N–H and O–H groups in total. The molecule has 0 aromatic heterocycles. The number of hydrogen-bond donors (Lipinski definition) is 0. The molecule has 0 amide bonds. The first kappa shape index (κ1) is 11.2. The highest BCUT2D eigenvalue weighted by Crippen LogP contribution is 2.10. The van der Waals surface area contributed by atoms with Gasteiger partial charge >= 0.3 is 0 Å². The molecular formula is C16H13N. The van der Waals surface area contributed by atoms with Gasteiger partial charge in [-0.2, -0.15) is 5.26 Å². The highest BCUT2D eigenvalue weighted by Gasteiger charge is 1.97. The van der Waals surface area contributed by atoms with E-state index in [1.165, 1.54) is 5.56 Å². The second-order valence-electron chi connectivity index (χ2n) is 3.79. The van der Waals surface area contributed by atoms with E-state index in [1.807, 2.05) is 42.5 Å². The fourth-order valence-electron chi connectivity index (χ4n) is 1.69. The molecule has 17 heavy (non-hydrogen) atoms.